The molecule has 8 heteroatoms. The van der Waals surface area contributed by atoms with E-state index in [2.05, 4.69) is 5.16 Å². The molecule has 1 aliphatic heterocycles. The van der Waals surface area contributed by atoms with E-state index in [0.29, 0.717) is 17.0 Å². The van der Waals surface area contributed by atoms with E-state index in [1.165, 1.54) is 12.1 Å². The van der Waals surface area contributed by atoms with Crippen molar-refractivity contribution >= 4 is 5.91 Å². The number of aryl methyl sites for hydroxylation is 2. The first-order chi connectivity index (χ1) is 12.1. The number of amides is 1. The van der Waals surface area contributed by atoms with Gasteiger partial charge in [-0.3, -0.25) is 4.79 Å². The molecule has 140 valence electrons. The number of halogens is 3. The number of nitrogens with zero attached hydrogens (tertiary/aromatic N) is 2. The Labute approximate surface area is 148 Å². The third-order valence-corrected chi connectivity index (χ3v) is 4.85. The van der Waals surface area contributed by atoms with Gasteiger partial charge < -0.3 is 14.5 Å². The lowest BCUT2D eigenvalue weighted by Gasteiger charge is -2.38. The molecule has 2 heterocycles. The molecular formula is C18H19F3N2O3. The predicted molar refractivity (Wildman–Crippen MR) is 86.5 cm³/mol. The number of hydrogen-bond donors (Lipinski definition) is 1. The highest BCUT2D eigenvalue weighted by Gasteiger charge is 2.38. The highest BCUT2D eigenvalue weighted by molar-refractivity contribution is 5.96. The van der Waals surface area contributed by atoms with E-state index in [9.17, 15) is 23.1 Å². The quantitative estimate of drug-likeness (QED) is 0.882. The van der Waals surface area contributed by atoms with Gasteiger partial charge in [0.05, 0.1) is 16.9 Å². The Kier molecular flexibility index (Phi) is 4.56. The van der Waals surface area contributed by atoms with Gasteiger partial charge in [0.25, 0.3) is 5.91 Å². The van der Waals surface area contributed by atoms with E-state index < -0.39 is 17.3 Å². The molecule has 1 fully saturated rings. The highest BCUT2D eigenvalue weighted by Crippen LogP contribution is 2.37. The number of carbonyl (C=O) groups is 1. The van der Waals surface area contributed by atoms with Gasteiger partial charge in [0.1, 0.15) is 11.3 Å². The van der Waals surface area contributed by atoms with Crippen LogP contribution in [0.3, 0.4) is 0 Å². The second-order valence-corrected chi connectivity index (χ2v) is 6.60. The van der Waals surface area contributed by atoms with E-state index in [4.69, 9.17) is 4.52 Å². The summed E-state index contributed by atoms with van der Waals surface area (Å²) in [5, 5.41) is 14.6. The van der Waals surface area contributed by atoms with Gasteiger partial charge in [-0.2, -0.15) is 13.2 Å². The molecule has 1 aliphatic rings. The Morgan fingerprint density at radius 3 is 2.46 bits per heavy atom. The van der Waals surface area contributed by atoms with E-state index in [-0.39, 0.29) is 37.4 Å². The Bertz CT molecular complexity index is 802. The molecule has 0 bridgehead atoms. The largest absolute Gasteiger partial charge is 0.416 e. The van der Waals surface area contributed by atoms with Crippen LogP contribution in [0.15, 0.2) is 28.8 Å². The molecule has 0 aliphatic carbocycles. The Balaban J connectivity index is 1.76. The molecule has 0 radical (unpaired) electrons. The van der Waals surface area contributed by atoms with Crippen LogP contribution in [0.25, 0.3) is 0 Å². The van der Waals surface area contributed by atoms with Crippen LogP contribution in [0.5, 0.6) is 0 Å². The molecule has 0 spiro atoms. The number of alkyl halides is 3. The molecule has 0 atom stereocenters. The van der Waals surface area contributed by atoms with Crippen molar-refractivity contribution in [3.8, 4) is 0 Å². The predicted octanol–water partition coefficient (Wildman–Crippen LogP) is 3.43. The van der Waals surface area contributed by atoms with E-state index in [0.717, 1.165) is 12.1 Å². The third-order valence-electron chi connectivity index (χ3n) is 4.85. The summed E-state index contributed by atoms with van der Waals surface area (Å²) >= 11 is 0. The average molecular weight is 368 g/mol. The van der Waals surface area contributed by atoms with Gasteiger partial charge in [-0.15, -0.1) is 0 Å². The molecule has 1 amide bonds. The normalized spacial score (nSPS) is 17.4. The average Bonchev–Trinajstić information content (AvgIpc) is 2.93. The molecule has 1 aromatic heterocycles. The van der Waals surface area contributed by atoms with Crippen molar-refractivity contribution in [2.75, 3.05) is 13.1 Å². The molecule has 1 N–H and O–H groups in total. The Morgan fingerprint density at radius 2 is 1.92 bits per heavy atom. The van der Waals surface area contributed by atoms with Crippen molar-refractivity contribution < 1.29 is 27.6 Å². The number of benzene rings is 1. The summed E-state index contributed by atoms with van der Waals surface area (Å²) in [4.78, 5) is 14.2. The van der Waals surface area contributed by atoms with Crippen LogP contribution < -0.4 is 0 Å². The number of carbonyl (C=O) groups excluding carboxylic acids is 1. The van der Waals surface area contributed by atoms with Crippen LogP contribution in [-0.2, 0) is 11.8 Å². The summed E-state index contributed by atoms with van der Waals surface area (Å²) in [5.41, 5.74) is -1.08. The molecule has 26 heavy (non-hydrogen) atoms. The number of aromatic nitrogens is 1. The number of likely N-dealkylation sites (tertiary alicyclic amines) is 1. The van der Waals surface area contributed by atoms with Crippen molar-refractivity contribution in [1.82, 2.24) is 10.1 Å². The van der Waals surface area contributed by atoms with E-state index in [1.54, 1.807) is 18.7 Å². The molecule has 2 aromatic rings. The summed E-state index contributed by atoms with van der Waals surface area (Å²) in [6.07, 6.45) is -4.15. The summed E-state index contributed by atoms with van der Waals surface area (Å²) < 4.78 is 43.7. The Hall–Kier alpha value is -2.35. The van der Waals surface area contributed by atoms with Gasteiger partial charge in [-0.05, 0) is 44.4 Å². The van der Waals surface area contributed by atoms with Gasteiger partial charge in [0.15, 0.2) is 0 Å². The van der Waals surface area contributed by atoms with Gasteiger partial charge in [-0.25, -0.2) is 0 Å². The van der Waals surface area contributed by atoms with Crippen LogP contribution in [-0.4, -0.2) is 34.2 Å². The fourth-order valence-electron chi connectivity index (χ4n) is 3.30. The van der Waals surface area contributed by atoms with Crippen LogP contribution in [0.1, 0.15) is 45.8 Å². The molecule has 0 unspecified atom stereocenters. The first kappa shape index (κ1) is 18.4. The molecular weight excluding hydrogens is 349 g/mol. The van der Waals surface area contributed by atoms with Crippen molar-refractivity contribution in [3.05, 3.63) is 52.4 Å². The minimum Gasteiger partial charge on any atom is -0.385 e. The lowest BCUT2D eigenvalue weighted by Crippen LogP contribution is -2.45. The summed E-state index contributed by atoms with van der Waals surface area (Å²) in [7, 11) is 0. The van der Waals surface area contributed by atoms with E-state index in [1.807, 2.05) is 0 Å². The standard InChI is InChI=1S/C18H19F3N2O3/c1-11-15(12(2)26-22-11)16(24)23-8-6-17(25,7-9-23)13-4-3-5-14(10-13)18(19,20)21/h3-5,10,25H,6-9H2,1-2H3. The second kappa shape index (κ2) is 6.42. The fraction of sp³-hybridized carbons (Fsp3) is 0.444. The Morgan fingerprint density at radius 1 is 1.27 bits per heavy atom. The van der Waals surface area contributed by atoms with Gasteiger partial charge >= 0.3 is 6.18 Å². The number of hydrogen-bond acceptors (Lipinski definition) is 4. The molecule has 1 aromatic carbocycles. The van der Waals surface area contributed by atoms with Crippen LogP contribution in [0, 0.1) is 13.8 Å². The maximum absolute atomic E-state index is 12.9. The first-order valence-corrected chi connectivity index (χ1v) is 8.24. The SMILES string of the molecule is Cc1noc(C)c1C(=O)N1CCC(O)(c2cccc(C(F)(F)F)c2)CC1. The highest BCUT2D eigenvalue weighted by atomic mass is 19.4. The molecule has 5 nitrogen and oxygen atoms in total. The van der Waals surface area contributed by atoms with Crippen molar-refractivity contribution in [3.63, 3.8) is 0 Å². The third kappa shape index (κ3) is 3.33. The second-order valence-electron chi connectivity index (χ2n) is 6.60. The smallest absolute Gasteiger partial charge is 0.385 e. The van der Waals surface area contributed by atoms with Crippen LogP contribution >= 0.6 is 0 Å². The zero-order chi connectivity index (χ0) is 19.1. The lowest BCUT2D eigenvalue weighted by molar-refractivity contribution is -0.137. The maximum atomic E-state index is 12.9. The zero-order valence-electron chi connectivity index (χ0n) is 14.4. The van der Waals surface area contributed by atoms with Gasteiger partial charge in [0.2, 0.25) is 0 Å². The number of piperidine rings is 1. The van der Waals surface area contributed by atoms with Crippen LogP contribution in [0.2, 0.25) is 0 Å². The van der Waals surface area contributed by atoms with Crippen molar-refractivity contribution in [2.45, 2.75) is 38.5 Å². The topological polar surface area (TPSA) is 66.6 Å². The number of rotatable bonds is 2. The van der Waals surface area contributed by atoms with Gasteiger partial charge in [0, 0.05) is 13.1 Å². The molecule has 3 rings (SSSR count). The lowest BCUT2D eigenvalue weighted by atomic mass is 9.83. The first-order valence-electron chi connectivity index (χ1n) is 8.24. The van der Waals surface area contributed by atoms with Gasteiger partial charge in [-0.1, -0.05) is 17.3 Å². The van der Waals surface area contributed by atoms with Crippen molar-refractivity contribution in [1.29, 1.82) is 0 Å². The summed E-state index contributed by atoms with van der Waals surface area (Å²) in [5.74, 6) is 0.179. The van der Waals surface area contributed by atoms with Crippen molar-refractivity contribution in [2.24, 2.45) is 0 Å². The van der Waals surface area contributed by atoms with Crippen LogP contribution in [0.4, 0.5) is 13.2 Å². The zero-order valence-corrected chi connectivity index (χ0v) is 14.4. The maximum Gasteiger partial charge on any atom is 0.416 e. The molecule has 0 saturated carbocycles. The number of aliphatic hydroxyl groups is 1. The minimum atomic E-state index is -4.47. The minimum absolute atomic E-state index is 0.156. The summed E-state index contributed by atoms with van der Waals surface area (Å²) in [6.45, 7) is 3.79. The summed E-state index contributed by atoms with van der Waals surface area (Å²) in [6, 6.07) is 4.73. The van der Waals surface area contributed by atoms with E-state index >= 15 is 0 Å². The molecule has 1 saturated heterocycles. The fourth-order valence-corrected chi connectivity index (χ4v) is 3.30. The monoisotopic (exact) mass is 368 g/mol.